The number of aryl methyl sites for hydroxylation is 1. The van der Waals surface area contributed by atoms with Gasteiger partial charge < -0.3 is 10.6 Å². The zero-order valence-electron chi connectivity index (χ0n) is 17.3. The predicted molar refractivity (Wildman–Crippen MR) is 118 cm³/mol. The van der Waals surface area contributed by atoms with Gasteiger partial charge in [-0.2, -0.15) is 0 Å². The number of ketones is 1. The molecule has 0 radical (unpaired) electrons. The molecule has 6 heteroatoms. The lowest BCUT2D eigenvalue weighted by Gasteiger charge is -2.16. The molecule has 0 aliphatic heterocycles. The van der Waals surface area contributed by atoms with Crippen molar-refractivity contribution >= 4 is 17.5 Å². The average molecular weight is 402 g/mol. The number of nitrogen functional groups attached to an aromatic ring is 1. The summed E-state index contributed by atoms with van der Waals surface area (Å²) >= 11 is 0. The molecule has 0 saturated carbocycles. The summed E-state index contributed by atoms with van der Waals surface area (Å²) in [6.45, 7) is 2.44. The molecule has 2 aromatic heterocycles. The van der Waals surface area contributed by atoms with Crippen LogP contribution in [0.3, 0.4) is 0 Å². The molecule has 0 fully saturated rings. The lowest BCUT2D eigenvalue weighted by molar-refractivity contribution is -0.130. The minimum atomic E-state index is 0.0243. The maximum atomic E-state index is 12.5. The second kappa shape index (κ2) is 9.78. The molecule has 3 aromatic rings. The fourth-order valence-corrected chi connectivity index (χ4v) is 3.20. The Balaban J connectivity index is 1.61. The van der Waals surface area contributed by atoms with Crippen LogP contribution in [0.25, 0.3) is 11.3 Å². The van der Waals surface area contributed by atoms with Crippen LogP contribution in [-0.4, -0.2) is 33.6 Å². The topological polar surface area (TPSA) is 89.2 Å². The molecule has 30 heavy (non-hydrogen) atoms. The van der Waals surface area contributed by atoms with Crippen molar-refractivity contribution in [3.8, 4) is 11.3 Å². The first-order valence-electron chi connectivity index (χ1n) is 9.99. The van der Waals surface area contributed by atoms with Crippen LogP contribution < -0.4 is 5.73 Å². The van der Waals surface area contributed by atoms with Gasteiger partial charge in [-0.25, -0.2) is 4.98 Å². The van der Waals surface area contributed by atoms with Crippen LogP contribution in [0.5, 0.6) is 0 Å². The van der Waals surface area contributed by atoms with E-state index in [-0.39, 0.29) is 11.7 Å². The Morgan fingerprint density at radius 1 is 1.03 bits per heavy atom. The minimum Gasteiger partial charge on any atom is -0.383 e. The number of rotatable bonds is 8. The molecule has 0 saturated heterocycles. The molecule has 0 bridgehead atoms. The molecule has 0 spiro atoms. The van der Waals surface area contributed by atoms with Gasteiger partial charge in [0.25, 0.3) is 0 Å². The summed E-state index contributed by atoms with van der Waals surface area (Å²) in [5.74, 6) is 0.607. The summed E-state index contributed by atoms with van der Waals surface area (Å²) in [6, 6.07) is 15.3. The molecule has 6 nitrogen and oxygen atoms in total. The second-order valence-electron chi connectivity index (χ2n) is 7.20. The number of carbonyl (C=O) groups is 2. The number of aromatic nitrogens is 2. The zero-order chi connectivity index (χ0) is 21.5. The van der Waals surface area contributed by atoms with E-state index in [1.54, 1.807) is 30.4 Å². The molecular formula is C24H26N4O2. The van der Waals surface area contributed by atoms with E-state index in [1.165, 1.54) is 0 Å². The van der Waals surface area contributed by atoms with E-state index in [2.05, 4.69) is 9.97 Å². The summed E-state index contributed by atoms with van der Waals surface area (Å²) < 4.78 is 0. The molecule has 0 unspecified atom stereocenters. The number of hydrogen-bond donors (Lipinski definition) is 1. The Hall–Kier alpha value is -3.54. The number of hydrogen-bond acceptors (Lipinski definition) is 5. The molecule has 2 heterocycles. The van der Waals surface area contributed by atoms with E-state index >= 15 is 0 Å². The summed E-state index contributed by atoms with van der Waals surface area (Å²) in [7, 11) is 1.81. The van der Waals surface area contributed by atoms with E-state index in [0.717, 1.165) is 22.4 Å². The van der Waals surface area contributed by atoms with E-state index in [1.807, 2.05) is 49.4 Å². The first-order chi connectivity index (χ1) is 14.5. The normalized spacial score (nSPS) is 10.6. The van der Waals surface area contributed by atoms with Crippen molar-refractivity contribution in [2.24, 2.45) is 0 Å². The highest BCUT2D eigenvalue weighted by atomic mass is 16.2. The first kappa shape index (κ1) is 21.2. The van der Waals surface area contributed by atoms with Gasteiger partial charge in [0.1, 0.15) is 5.82 Å². The third kappa shape index (κ3) is 5.29. The van der Waals surface area contributed by atoms with Gasteiger partial charge in [0.15, 0.2) is 5.78 Å². The highest BCUT2D eigenvalue weighted by molar-refractivity contribution is 5.96. The lowest BCUT2D eigenvalue weighted by Crippen LogP contribution is -2.25. The van der Waals surface area contributed by atoms with Crippen LogP contribution in [0, 0.1) is 0 Å². The summed E-state index contributed by atoms with van der Waals surface area (Å²) in [4.78, 5) is 34.4. The molecule has 1 amide bonds. The van der Waals surface area contributed by atoms with Gasteiger partial charge in [0, 0.05) is 50.0 Å². The van der Waals surface area contributed by atoms with Gasteiger partial charge in [-0.15, -0.1) is 0 Å². The van der Waals surface area contributed by atoms with Gasteiger partial charge in [0.05, 0.1) is 5.69 Å². The number of pyridine rings is 2. The van der Waals surface area contributed by atoms with Gasteiger partial charge in [0.2, 0.25) is 5.91 Å². The molecular weight excluding hydrogens is 376 g/mol. The van der Waals surface area contributed by atoms with Crippen LogP contribution in [0.15, 0.2) is 60.9 Å². The van der Waals surface area contributed by atoms with Gasteiger partial charge in [-0.05, 0) is 35.7 Å². The number of nitrogens with two attached hydrogens (primary N) is 1. The van der Waals surface area contributed by atoms with Gasteiger partial charge in [-0.1, -0.05) is 37.3 Å². The van der Waals surface area contributed by atoms with Crippen LogP contribution in [0.2, 0.25) is 0 Å². The van der Waals surface area contributed by atoms with E-state index in [4.69, 9.17) is 5.73 Å². The molecule has 0 aliphatic carbocycles. The zero-order valence-corrected chi connectivity index (χ0v) is 17.3. The monoisotopic (exact) mass is 402 g/mol. The Kier molecular flexibility index (Phi) is 6.91. The number of anilines is 1. The summed E-state index contributed by atoms with van der Waals surface area (Å²) in [5, 5.41) is 0. The average Bonchev–Trinajstić information content (AvgIpc) is 2.78. The smallest absolute Gasteiger partial charge is 0.222 e. The molecule has 3 rings (SSSR count). The minimum absolute atomic E-state index is 0.0243. The van der Waals surface area contributed by atoms with Gasteiger partial charge in [-0.3, -0.25) is 14.6 Å². The van der Waals surface area contributed by atoms with Crippen molar-refractivity contribution in [3.63, 3.8) is 0 Å². The lowest BCUT2D eigenvalue weighted by atomic mass is 10.0. The van der Waals surface area contributed by atoms with Gasteiger partial charge >= 0.3 is 0 Å². The predicted octanol–water partition coefficient (Wildman–Crippen LogP) is 3.91. The highest BCUT2D eigenvalue weighted by Gasteiger charge is 2.10. The van der Waals surface area contributed by atoms with E-state index < -0.39 is 0 Å². The van der Waals surface area contributed by atoms with Crippen LogP contribution in [-0.2, 0) is 17.8 Å². The van der Waals surface area contributed by atoms with Crippen molar-refractivity contribution in [1.82, 2.24) is 14.9 Å². The molecule has 0 aliphatic rings. The Morgan fingerprint density at radius 3 is 2.43 bits per heavy atom. The van der Waals surface area contributed by atoms with Crippen molar-refractivity contribution in [2.75, 3.05) is 12.8 Å². The fourth-order valence-electron chi connectivity index (χ4n) is 3.20. The molecule has 1 aromatic carbocycles. The number of Topliss-reactive ketones (excluding diaryl/α,β-unsaturated/α-hetero) is 1. The third-order valence-electron chi connectivity index (χ3n) is 5.03. The number of nitrogens with zero attached hydrogens (tertiary/aromatic N) is 3. The number of amides is 1. The molecule has 0 atom stereocenters. The molecule has 154 valence electrons. The Morgan fingerprint density at radius 2 is 1.80 bits per heavy atom. The van der Waals surface area contributed by atoms with Crippen LogP contribution >= 0.6 is 0 Å². The third-order valence-corrected chi connectivity index (χ3v) is 5.03. The number of benzene rings is 1. The van der Waals surface area contributed by atoms with E-state index in [0.29, 0.717) is 37.2 Å². The first-order valence-corrected chi connectivity index (χ1v) is 9.99. The van der Waals surface area contributed by atoms with Crippen LogP contribution in [0.4, 0.5) is 5.82 Å². The number of carbonyl (C=O) groups excluding carboxylic acids is 2. The maximum absolute atomic E-state index is 12.5. The Labute approximate surface area is 176 Å². The van der Waals surface area contributed by atoms with Crippen molar-refractivity contribution in [1.29, 1.82) is 0 Å². The van der Waals surface area contributed by atoms with Crippen LogP contribution in [0.1, 0.15) is 41.3 Å². The van der Waals surface area contributed by atoms with E-state index in [9.17, 15) is 9.59 Å². The second-order valence-corrected chi connectivity index (χ2v) is 7.20. The summed E-state index contributed by atoms with van der Waals surface area (Å²) in [5.41, 5.74) is 10.1. The fraction of sp³-hybridized carbons (Fsp3) is 0.250. The SMILES string of the molecule is CCC(=O)N(C)Cc1ccc(-c2ccc(C(=O)CCc3cccnc3N)cn2)cc1. The Bertz CT molecular complexity index is 1010. The molecule has 2 N–H and O–H groups in total. The summed E-state index contributed by atoms with van der Waals surface area (Å²) in [6.07, 6.45) is 4.66. The van der Waals surface area contributed by atoms with Crippen molar-refractivity contribution < 1.29 is 9.59 Å². The van der Waals surface area contributed by atoms with Crippen molar-refractivity contribution in [3.05, 3.63) is 77.6 Å². The highest BCUT2D eigenvalue weighted by Crippen LogP contribution is 2.19. The largest absolute Gasteiger partial charge is 0.383 e. The standard InChI is InChI=1S/C24H26N4O2/c1-3-23(30)28(2)16-17-6-8-18(9-7-17)21-12-10-20(15-27-21)22(29)13-11-19-5-4-14-26-24(19)25/h4-10,12,14-15H,3,11,13,16H2,1-2H3,(H2,25,26). The maximum Gasteiger partial charge on any atom is 0.222 e. The van der Waals surface area contributed by atoms with Crippen molar-refractivity contribution in [2.45, 2.75) is 32.7 Å². The quantitative estimate of drug-likeness (QED) is 0.577.